The molecule has 1 heterocycles. The van der Waals surface area contributed by atoms with Crippen molar-refractivity contribution in [2.45, 2.75) is 24.6 Å². The van der Waals surface area contributed by atoms with E-state index >= 15 is 0 Å². The van der Waals surface area contributed by atoms with Crippen molar-refractivity contribution in [1.29, 1.82) is 0 Å². The van der Waals surface area contributed by atoms with E-state index in [0.29, 0.717) is 6.54 Å². The summed E-state index contributed by atoms with van der Waals surface area (Å²) in [4.78, 5) is 0. The van der Waals surface area contributed by atoms with Gasteiger partial charge < -0.3 is 15.2 Å². The van der Waals surface area contributed by atoms with Crippen LogP contribution in [0.5, 0.6) is 5.75 Å². The van der Waals surface area contributed by atoms with Crippen LogP contribution >= 0.6 is 11.8 Å². The normalized spacial score (nSPS) is 16.7. The third-order valence-corrected chi connectivity index (χ3v) is 4.38. The van der Waals surface area contributed by atoms with Crippen molar-refractivity contribution >= 4 is 11.8 Å². The van der Waals surface area contributed by atoms with Gasteiger partial charge in [-0.25, -0.2) is 0 Å². The summed E-state index contributed by atoms with van der Waals surface area (Å²) in [6, 6.07) is 8.00. The maximum atomic E-state index is 5.70. The molecular weight excluding hydrogens is 246 g/mol. The van der Waals surface area contributed by atoms with Gasteiger partial charge in [0, 0.05) is 30.8 Å². The SMILES string of the molecule is NCc1ccc(OCCSC2CCOCC2)cc1. The number of ether oxygens (including phenoxy) is 2. The standard InChI is InChI=1S/C14H21NO2S/c15-11-12-1-3-13(4-2-12)17-9-10-18-14-5-7-16-8-6-14/h1-4,14H,5-11,15H2. The summed E-state index contributed by atoms with van der Waals surface area (Å²) >= 11 is 2.00. The average Bonchev–Trinajstić information content (AvgIpc) is 2.45. The fourth-order valence-electron chi connectivity index (χ4n) is 1.94. The molecule has 0 saturated carbocycles. The molecule has 1 aromatic rings. The van der Waals surface area contributed by atoms with Crippen molar-refractivity contribution in [2.75, 3.05) is 25.6 Å². The molecule has 0 amide bonds. The second kappa shape index (κ2) is 7.67. The summed E-state index contributed by atoms with van der Waals surface area (Å²) in [5, 5.41) is 0.752. The van der Waals surface area contributed by atoms with E-state index in [4.69, 9.17) is 15.2 Å². The first-order chi connectivity index (χ1) is 8.88. The summed E-state index contributed by atoms with van der Waals surface area (Å²) < 4.78 is 11.0. The van der Waals surface area contributed by atoms with Gasteiger partial charge in [-0.05, 0) is 30.5 Å². The molecule has 0 radical (unpaired) electrons. The lowest BCUT2D eigenvalue weighted by Crippen LogP contribution is -2.18. The highest BCUT2D eigenvalue weighted by Gasteiger charge is 2.13. The van der Waals surface area contributed by atoms with Crippen molar-refractivity contribution in [2.24, 2.45) is 5.73 Å². The van der Waals surface area contributed by atoms with E-state index in [9.17, 15) is 0 Å². The van der Waals surface area contributed by atoms with Gasteiger partial charge >= 0.3 is 0 Å². The molecule has 2 N–H and O–H groups in total. The third kappa shape index (κ3) is 4.52. The minimum atomic E-state index is 0.583. The molecule has 1 aliphatic heterocycles. The topological polar surface area (TPSA) is 44.5 Å². The van der Waals surface area contributed by atoms with E-state index in [2.05, 4.69) is 0 Å². The van der Waals surface area contributed by atoms with Gasteiger partial charge in [-0.1, -0.05) is 12.1 Å². The summed E-state index contributed by atoms with van der Waals surface area (Å²) in [6.07, 6.45) is 2.35. The predicted molar refractivity (Wildman–Crippen MR) is 76.1 cm³/mol. The Morgan fingerprint density at radius 3 is 2.61 bits per heavy atom. The van der Waals surface area contributed by atoms with Gasteiger partial charge in [0.1, 0.15) is 5.75 Å². The summed E-state index contributed by atoms with van der Waals surface area (Å²) in [5.41, 5.74) is 6.69. The minimum Gasteiger partial charge on any atom is -0.493 e. The van der Waals surface area contributed by atoms with Crippen LogP contribution in [0.25, 0.3) is 0 Å². The second-order valence-electron chi connectivity index (χ2n) is 4.38. The zero-order chi connectivity index (χ0) is 12.6. The zero-order valence-corrected chi connectivity index (χ0v) is 11.5. The highest BCUT2D eigenvalue weighted by Crippen LogP contribution is 2.22. The van der Waals surface area contributed by atoms with Crippen LogP contribution < -0.4 is 10.5 Å². The van der Waals surface area contributed by atoms with Crippen LogP contribution in [0.1, 0.15) is 18.4 Å². The Balaban J connectivity index is 1.62. The van der Waals surface area contributed by atoms with Crippen molar-refractivity contribution in [3.05, 3.63) is 29.8 Å². The Morgan fingerprint density at radius 1 is 1.22 bits per heavy atom. The van der Waals surface area contributed by atoms with Crippen LogP contribution in [0.3, 0.4) is 0 Å². The smallest absolute Gasteiger partial charge is 0.119 e. The number of hydrogen-bond acceptors (Lipinski definition) is 4. The van der Waals surface area contributed by atoms with Gasteiger partial charge in [0.05, 0.1) is 6.61 Å². The van der Waals surface area contributed by atoms with Crippen LogP contribution in [0, 0.1) is 0 Å². The number of nitrogens with two attached hydrogens (primary N) is 1. The van der Waals surface area contributed by atoms with Crippen molar-refractivity contribution < 1.29 is 9.47 Å². The first-order valence-electron chi connectivity index (χ1n) is 6.49. The lowest BCUT2D eigenvalue weighted by Gasteiger charge is -2.21. The van der Waals surface area contributed by atoms with Gasteiger partial charge in [0.25, 0.3) is 0 Å². The van der Waals surface area contributed by atoms with Crippen molar-refractivity contribution in [1.82, 2.24) is 0 Å². The van der Waals surface area contributed by atoms with Crippen LogP contribution in [-0.2, 0) is 11.3 Å². The lowest BCUT2D eigenvalue weighted by atomic mass is 10.2. The molecule has 0 bridgehead atoms. The van der Waals surface area contributed by atoms with Crippen LogP contribution in [-0.4, -0.2) is 30.8 Å². The Morgan fingerprint density at radius 2 is 1.94 bits per heavy atom. The van der Waals surface area contributed by atoms with Gasteiger partial charge in [-0.3, -0.25) is 0 Å². The summed E-state index contributed by atoms with van der Waals surface area (Å²) in [5.74, 6) is 1.98. The number of thioether (sulfide) groups is 1. The third-order valence-electron chi connectivity index (χ3n) is 3.03. The van der Waals surface area contributed by atoms with E-state index in [1.807, 2.05) is 36.0 Å². The highest BCUT2D eigenvalue weighted by molar-refractivity contribution is 7.99. The maximum Gasteiger partial charge on any atom is 0.119 e. The minimum absolute atomic E-state index is 0.583. The fourth-order valence-corrected chi connectivity index (χ4v) is 2.98. The van der Waals surface area contributed by atoms with Gasteiger partial charge in [-0.15, -0.1) is 0 Å². The second-order valence-corrected chi connectivity index (χ2v) is 5.79. The molecule has 3 nitrogen and oxygen atoms in total. The molecule has 1 saturated heterocycles. The zero-order valence-electron chi connectivity index (χ0n) is 10.6. The number of benzene rings is 1. The Hall–Kier alpha value is -0.710. The number of hydrogen-bond donors (Lipinski definition) is 1. The van der Waals surface area contributed by atoms with Crippen molar-refractivity contribution in [3.8, 4) is 5.75 Å². The Kier molecular flexibility index (Phi) is 5.84. The summed E-state index contributed by atoms with van der Waals surface area (Å²) in [7, 11) is 0. The van der Waals surface area contributed by atoms with E-state index in [1.54, 1.807) is 0 Å². The average molecular weight is 267 g/mol. The molecule has 0 unspecified atom stereocenters. The van der Waals surface area contributed by atoms with Gasteiger partial charge in [0.15, 0.2) is 0 Å². The van der Waals surface area contributed by atoms with E-state index in [0.717, 1.165) is 42.1 Å². The predicted octanol–water partition coefficient (Wildman–Crippen LogP) is 2.44. The Labute approximate surface area is 113 Å². The molecule has 18 heavy (non-hydrogen) atoms. The molecule has 1 fully saturated rings. The number of rotatable bonds is 6. The largest absolute Gasteiger partial charge is 0.493 e. The van der Waals surface area contributed by atoms with E-state index in [1.165, 1.54) is 12.8 Å². The highest BCUT2D eigenvalue weighted by atomic mass is 32.2. The van der Waals surface area contributed by atoms with Crippen LogP contribution in [0.15, 0.2) is 24.3 Å². The van der Waals surface area contributed by atoms with Crippen molar-refractivity contribution in [3.63, 3.8) is 0 Å². The monoisotopic (exact) mass is 267 g/mol. The van der Waals surface area contributed by atoms with Gasteiger partial charge in [0.2, 0.25) is 0 Å². The molecule has 0 atom stereocenters. The van der Waals surface area contributed by atoms with Gasteiger partial charge in [-0.2, -0.15) is 11.8 Å². The molecular formula is C14H21NO2S. The maximum absolute atomic E-state index is 5.70. The lowest BCUT2D eigenvalue weighted by molar-refractivity contribution is 0.1000. The molecule has 0 aromatic heterocycles. The van der Waals surface area contributed by atoms with E-state index < -0.39 is 0 Å². The first kappa shape index (κ1) is 13.7. The molecule has 1 aromatic carbocycles. The Bertz CT molecular complexity index is 336. The fraction of sp³-hybridized carbons (Fsp3) is 0.571. The molecule has 0 spiro atoms. The molecule has 4 heteroatoms. The molecule has 100 valence electrons. The molecule has 0 aliphatic carbocycles. The van der Waals surface area contributed by atoms with Crippen LogP contribution in [0.4, 0.5) is 0 Å². The quantitative estimate of drug-likeness (QED) is 0.804. The summed E-state index contributed by atoms with van der Waals surface area (Å²) in [6.45, 7) is 3.18. The van der Waals surface area contributed by atoms with E-state index in [-0.39, 0.29) is 0 Å². The first-order valence-corrected chi connectivity index (χ1v) is 7.54. The van der Waals surface area contributed by atoms with Crippen LogP contribution in [0.2, 0.25) is 0 Å². The molecule has 2 rings (SSSR count). The molecule has 1 aliphatic rings.